The summed E-state index contributed by atoms with van der Waals surface area (Å²) < 4.78 is 36.3. The fraction of sp³-hybridized carbons (Fsp3) is 0.435. The molecular formula is C23H32N2O5S. The van der Waals surface area contributed by atoms with E-state index in [1.54, 1.807) is 24.3 Å². The Hall–Kier alpha value is -2.74. The van der Waals surface area contributed by atoms with Crippen LogP contribution in [0, 0.1) is 0 Å². The number of aryl methyl sites for hydroxylation is 1. The second-order valence-electron chi connectivity index (χ2n) is 7.17. The van der Waals surface area contributed by atoms with Crippen LogP contribution in [0.3, 0.4) is 0 Å². The molecule has 7 nitrogen and oxygen atoms in total. The van der Waals surface area contributed by atoms with E-state index in [-0.39, 0.29) is 18.9 Å². The summed E-state index contributed by atoms with van der Waals surface area (Å²) in [5, 5.41) is 2.90. The molecule has 2 rings (SSSR count). The molecule has 0 atom stereocenters. The lowest BCUT2D eigenvalue weighted by Gasteiger charge is -2.22. The summed E-state index contributed by atoms with van der Waals surface area (Å²) in [6.07, 6.45) is 3.55. The number of anilines is 1. The van der Waals surface area contributed by atoms with Crippen LogP contribution in [-0.2, 0) is 21.2 Å². The molecule has 0 fully saturated rings. The zero-order chi connectivity index (χ0) is 22.7. The van der Waals surface area contributed by atoms with Gasteiger partial charge in [0.15, 0.2) is 0 Å². The minimum absolute atomic E-state index is 0.0780. The number of hydrogen-bond acceptors (Lipinski definition) is 5. The SMILES string of the molecule is CCOc1ccc(CCCNC(=O)CCCN(c2cccc(OC)c2)S(C)(=O)=O)cc1. The molecule has 170 valence electrons. The molecule has 0 aliphatic rings. The van der Waals surface area contributed by atoms with Crippen LogP contribution < -0.4 is 19.1 Å². The highest BCUT2D eigenvalue weighted by atomic mass is 32.2. The van der Waals surface area contributed by atoms with Gasteiger partial charge in [-0.25, -0.2) is 8.42 Å². The van der Waals surface area contributed by atoms with Crippen LogP contribution >= 0.6 is 0 Å². The topological polar surface area (TPSA) is 84.9 Å². The van der Waals surface area contributed by atoms with Gasteiger partial charge in [-0.1, -0.05) is 18.2 Å². The third-order valence-electron chi connectivity index (χ3n) is 4.71. The molecule has 31 heavy (non-hydrogen) atoms. The molecule has 0 radical (unpaired) electrons. The lowest BCUT2D eigenvalue weighted by molar-refractivity contribution is -0.121. The van der Waals surface area contributed by atoms with Gasteiger partial charge in [-0.3, -0.25) is 9.10 Å². The quantitative estimate of drug-likeness (QED) is 0.475. The first-order valence-electron chi connectivity index (χ1n) is 10.4. The number of methoxy groups -OCH3 is 1. The van der Waals surface area contributed by atoms with Crippen LogP contribution in [0.4, 0.5) is 5.69 Å². The number of ether oxygens (including phenoxy) is 2. The maximum absolute atomic E-state index is 12.2. The molecule has 1 amide bonds. The second-order valence-corrected chi connectivity index (χ2v) is 9.08. The lowest BCUT2D eigenvalue weighted by Crippen LogP contribution is -2.32. The van der Waals surface area contributed by atoms with Crippen LogP contribution in [0.25, 0.3) is 0 Å². The van der Waals surface area contributed by atoms with Crippen LogP contribution in [0.2, 0.25) is 0 Å². The van der Waals surface area contributed by atoms with Crippen LogP contribution in [0.1, 0.15) is 31.7 Å². The molecule has 8 heteroatoms. The Morgan fingerprint density at radius 1 is 1.06 bits per heavy atom. The van der Waals surface area contributed by atoms with Crippen molar-refractivity contribution in [1.82, 2.24) is 5.32 Å². The summed E-state index contributed by atoms with van der Waals surface area (Å²) in [4.78, 5) is 12.1. The zero-order valence-corrected chi connectivity index (χ0v) is 19.3. The second kappa shape index (κ2) is 12.2. The number of carbonyl (C=O) groups excluding carboxylic acids is 1. The van der Waals surface area contributed by atoms with E-state index in [1.807, 2.05) is 31.2 Å². The fourth-order valence-corrected chi connectivity index (χ4v) is 4.12. The van der Waals surface area contributed by atoms with E-state index in [0.717, 1.165) is 24.8 Å². The lowest BCUT2D eigenvalue weighted by atomic mass is 10.1. The molecule has 2 aromatic rings. The van der Waals surface area contributed by atoms with Crippen molar-refractivity contribution >= 4 is 21.6 Å². The molecule has 2 aromatic carbocycles. The van der Waals surface area contributed by atoms with Gasteiger partial charge in [0, 0.05) is 25.6 Å². The predicted molar refractivity (Wildman–Crippen MR) is 123 cm³/mol. The van der Waals surface area contributed by atoms with Crippen molar-refractivity contribution in [3.63, 3.8) is 0 Å². The molecule has 0 saturated heterocycles. The Labute approximate surface area is 185 Å². The smallest absolute Gasteiger partial charge is 0.232 e. The van der Waals surface area contributed by atoms with Crippen molar-refractivity contribution in [1.29, 1.82) is 0 Å². The first-order valence-corrected chi connectivity index (χ1v) is 12.3. The maximum atomic E-state index is 12.2. The number of carbonyl (C=O) groups is 1. The summed E-state index contributed by atoms with van der Waals surface area (Å²) in [5.74, 6) is 1.36. The van der Waals surface area contributed by atoms with Crippen molar-refractivity contribution in [2.45, 2.75) is 32.6 Å². The Morgan fingerprint density at radius 2 is 1.81 bits per heavy atom. The number of hydrogen-bond donors (Lipinski definition) is 1. The highest BCUT2D eigenvalue weighted by molar-refractivity contribution is 7.92. The van der Waals surface area contributed by atoms with Gasteiger partial charge in [-0.15, -0.1) is 0 Å². The molecular weight excluding hydrogens is 416 g/mol. The van der Waals surface area contributed by atoms with Gasteiger partial charge in [0.25, 0.3) is 0 Å². The van der Waals surface area contributed by atoms with E-state index < -0.39 is 10.0 Å². The maximum Gasteiger partial charge on any atom is 0.232 e. The molecule has 0 saturated carbocycles. The van der Waals surface area contributed by atoms with Gasteiger partial charge in [-0.2, -0.15) is 0 Å². The Kier molecular flexibility index (Phi) is 9.65. The monoisotopic (exact) mass is 448 g/mol. The molecule has 0 unspecified atom stereocenters. The molecule has 0 aromatic heterocycles. The summed E-state index contributed by atoms with van der Waals surface area (Å²) in [6, 6.07) is 14.8. The number of sulfonamides is 1. The third-order valence-corrected chi connectivity index (χ3v) is 5.90. The Balaban J connectivity index is 1.74. The molecule has 1 N–H and O–H groups in total. The summed E-state index contributed by atoms with van der Waals surface area (Å²) in [5.41, 5.74) is 1.72. The van der Waals surface area contributed by atoms with Crippen molar-refractivity contribution in [3.05, 3.63) is 54.1 Å². The van der Waals surface area contributed by atoms with Crippen LogP contribution in [-0.4, -0.2) is 47.4 Å². The van der Waals surface area contributed by atoms with Crippen LogP contribution in [0.15, 0.2) is 48.5 Å². The molecule has 0 bridgehead atoms. The number of rotatable bonds is 13. The number of benzene rings is 2. The number of nitrogens with zero attached hydrogens (tertiary/aromatic N) is 1. The van der Waals surface area contributed by atoms with Gasteiger partial charge in [-0.05, 0) is 56.0 Å². The molecule has 0 heterocycles. The van der Waals surface area contributed by atoms with E-state index in [2.05, 4.69) is 5.32 Å². The van der Waals surface area contributed by atoms with E-state index >= 15 is 0 Å². The molecule has 0 spiro atoms. The summed E-state index contributed by atoms with van der Waals surface area (Å²) in [7, 11) is -1.93. The average Bonchev–Trinajstić information content (AvgIpc) is 2.75. The largest absolute Gasteiger partial charge is 0.497 e. The van der Waals surface area contributed by atoms with Gasteiger partial charge in [0.2, 0.25) is 15.9 Å². The highest BCUT2D eigenvalue weighted by Crippen LogP contribution is 2.23. The van der Waals surface area contributed by atoms with Crippen molar-refractivity contribution in [2.24, 2.45) is 0 Å². The highest BCUT2D eigenvalue weighted by Gasteiger charge is 2.18. The normalized spacial score (nSPS) is 11.1. The summed E-state index contributed by atoms with van der Waals surface area (Å²) >= 11 is 0. The van der Waals surface area contributed by atoms with E-state index in [1.165, 1.54) is 17.0 Å². The van der Waals surface area contributed by atoms with Crippen LogP contribution in [0.5, 0.6) is 11.5 Å². The Morgan fingerprint density at radius 3 is 2.45 bits per heavy atom. The van der Waals surface area contributed by atoms with E-state index in [0.29, 0.717) is 31.0 Å². The first-order chi connectivity index (χ1) is 14.8. The fourth-order valence-electron chi connectivity index (χ4n) is 3.16. The summed E-state index contributed by atoms with van der Waals surface area (Å²) in [6.45, 7) is 3.41. The molecule has 0 aliphatic carbocycles. The van der Waals surface area contributed by atoms with Crippen molar-refractivity contribution in [3.8, 4) is 11.5 Å². The van der Waals surface area contributed by atoms with Gasteiger partial charge >= 0.3 is 0 Å². The van der Waals surface area contributed by atoms with Gasteiger partial charge in [0.05, 0.1) is 25.7 Å². The first kappa shape index (κ1) is 24.5. The number of amides is 1. The molecule has 0 aliphatic heterocycles. The zero-order valence-electron chi connectivity index (χ0n) is 18.5. The Bertz CT molecular complexity index is 929. The van der Waals surface area contributed by atoms with Gasteiger partial charge < -0.3 is 14.8 Å². The third kappa shape index (κ3) is 8.49. The standard InChI is InChI=1S/C23H32N2O5S/c1-4-30-21-14-12-19(13-15-21)8-6-16-24-23(26)11-7-17-25(31(3,27)28)20-9-5-10-22(18-20)29-2/h5,9-10,12-15,18H,4,6-8,11,16-17H2,1-3H3,(H,24,26). The van der Waals surface area contributed by atoms with Crippen molar-refractivity contribution < 1.29 is 22.7 Å². The van der Waals surface area contributed by atoms with Crippen molar-refractivity contribution in [2.75, 3.05) is 37.4 Å². The number of nitrogens with one attached hydrogen (secondary N) is 1. The van der Waals surface area contributed by atoms with Gasteiger partial charge in [0.1, 0.15) is 11.5 Å². The average molecular weight is 449 g/mol. The van der Waals surface area contributed by atoms with E-state index in [4.69, 9.17) is 9.47 Å². The minimum Gasteiger partial charge on any atom is -0.497 e. The predicted octanol–water partition coefficient (Wildman–Crippen LogP) is 3.39. The van der Waals surface area contributed by atoms with E-state index in [9.17, 15) is 13.2 Å². The minimum atomic E-state index is -3.46.